The van der Waals surface area contributed by atoms with Crippen molar-refractivity contribution in [1.29, 1.82) is 0 Å². The molecule has 3 fully saturated rings. The fraction of sp³-hybridized carbons (Fsp3) is 0.667. The zero-order chi connectivity index (χ0) is 17.3. The van der Waals surface area contributed by atoms with Crippen LogP contribution >= 0.6 is 0 Å². The number of fused-ring (bicyclic) bond motifs is 1. The van der Waals surface area contributed by atoms with E-state index in [9.17, 15) is 9.90 Å². The van der Waals surface area contributed by atoms with Crippen LogP contribution in [0.15, 0.2) is 24.3 Å². The highest BCUT2D eigenvalue weighted by molar-refractivity contribution is 5.97. The Kier molecular flexibility index (Phi) is 4.72. The van der Waals surface area contributed by atoms with Crippen LogP contribution in [-0.2, 0) is 0 Å². The molecule has 4 nitrogen and oxygen atoms in total. The Morgan fingerprint density at radius 3 is 2.68 bits per heavy atom. The average Bonchev–Trinajstić information content (AvgIpc) is 3.14. The first-order chi connectivity index (χ1) is 12.2. The molecule has 2 saturated carbocycles. The second kappa shape index (κ2) is 6.99. The smallest absolute Gasteiger partial charge is 0.257 e. The highest BCUT2D eigenvalue weighted by Gasteiger charge is 2.44. The van der Waals surface area contributed by atoms with Crippen molar-refractivity contribution >= 4 is 5.91 Å². The average molecular weight is 343 g/mol. The predicted octanol–water partition coefficient (Wildman–Crippen LogP) is 3.78. The Labute approximate surface area is 150 Å². The Bertz CT molecular complexity index is 625. The minimum Gasteiger partial charge on any atom is -0.490 e. The molecule has 0 bridgehead atoms. The summed E-state index contributed by atoms with van der Waals surface area (Å²) in [6.45, 7) is 1.32. The van der Waals surface area contributed by atoms with Gasteiger partial charge in [0, 0.05) is 19.0 Å². The molecule has 0 unspecified atom stereocenters. The number of benzene rings is 1. The van der Waals surface area contributed by atoms with E-state index >= 15 is 0 Å². The molecule has 3 aliphatic rings. The summed E-state index contributed by atoms with van der Waals surface area (Å²) >= 11 is 0. The lowest BCUT2D eigenvalue weighted by Gasteiger charge is -2.47. The molecule has 0 spiro atoms. The van der Waals surface area contributed by atoms with Crippen LogP contribution in [0.2, 0.25) is 0 Å². The van der Waals surface area contributed by atoms with Crippen molar-refractivity contribution in [3.8, 4) is 5.75 Å². The van der Waals surface area contributed by atoms with E-state index in [1.54, 1.807) is 0 Å². The van der Waals surface area contributed by atoms with Gasteiger partial charge in [0.1, 0.15) is 5.75 Å². The summed E-state index contributed by atoms with van der Waals surface area (Å²) in [6.07, 6.45) is 9.74. The number of para-hydroxylation sites is 1. The molecule has 2 aliphatic carbocycles. The van der Waals surface area contributed by atoms with Gasteiger partial charge in [-0.3, -0.25) is 4.79 Å². The number of likely N-dealkylation sites (tertiary alicyclic amines) is 1. The van der Waals surface area contributed by atoms with Crippen molar-refractivity contribution in [2.45, 2.75) is 69.5 Å². The fourth-order valence-corrected chi connectivity index (χ4v) is 4.86. The van der Waals surface area contributed by atoms with Gasteiger partial charge in [-0.25, -0.2) is 0 Å². The van der Waals surface area contributed by atoms with Crippen molar-refractivity contribution in [2.24, 2.45) is 5.92 Å². The Morgan fingerprint density at radius 1 is 1.08 bits per heavy atom. The van der Waals surface area contributed by atoms with Gasteiger partial charge < -0.3 is 14.7 Å². The van der Waals surface area contributed by atoms with E-state index in [4.69, 9.17) is 4.74 Å². The molecular formula is C21H29NO3. The number of amides is 1. The van der Waals surface area contributed by atoms with E-state index in [-0.39, 0.29) is 17.9 Å². The minimum atomic E-state index is -0.547. The van der Waals surface area contributed by atoms with E-state index in [1.807, 2.05) is 29.2 Å². The monoisotopic (exact) mass is 343 g/mol. The number of carbonyl (C=O) groups excluding carboxylic acids is 1. The van der Waals surface area contributed by atoms with Crippen LogP contribution in [0.4, 0.5) is 0 Å². The highest BCUT2D eigenvalue weighted by atomic mass is 16.5. The van der Waals surface area contributed by atoms with Crippen LogP contribution < -0.4 is 4.74 Å². The standard InChI is InChI=1S/C21H29NO3/c23-20(22-14-13-21(24)12-6-5-7-16(21)15-22)18-10-3-4-11-19(18)25-17-8-1-2-9-17/h3-4,10-11,16-17,24H,1-2,5-9,12-15H2/t16-,21+/m1/s1. The van der Waals surface area contributed by atoms with Crippen molar-refractivity contribution < 1.29 is 14.6 Å². The molecule has 1 amide bonds. The van der Waals surface area contributed by atoms with Crippen molar-refractivity contribution in [1.82, 2.24) is 4.90 Å². The van der Waals surface area contributed by atoms with Gasteiger partial charge in [-0.15, -0.1) is 0 Å². The predicted molar refractivity (Wildman–Crippen MR) is 96.8 cm³/mol. The maximum absolute atomic E-state index is 13.1. The number of aliphatic hydroxyl groups is 1. The van der Waals surface area contributed by atoms with Gasteiger partial charge in [0.15, 0.2) is 0 Å². The third kappa shape index (κ3) is 3.41. The van der Waals surface area contributed by atoms with Crippen LogP contribution in [0.3, 0.4) is 0 Å². The third-order valence-electron chi connectivity index (χ3n) is 6.43. The summed E-state index contributed by atoms with van der Waals surface area (Å²) in [5, 5.41) is 10.8. The number of ether oxygens (including phenoxy) is 1. The van der Waals surface area contributed by atoms with Gasteiger partial charge in [-0.2, -0.15) is 0 Å². The van der Waals surface area contributed by atoms with Crippen LogP contribution in [0.1, 0.15) is 68.1 Å². The summed E-state index contributed by atoms with van der Waals surface area (Å²) in [7, 11) is 0. The number of hydrogen-bond acceptors (Lipinski definition) is 3. The number of hydrogen-bond donors (Lipinski definition) is 1. The van der Waals surface area contributed by atoms with Gasteiger partial charge >= 0.3 is 0 Å². The normalized spacial score (nSPS) is 30.1. The van der Waals surface area contributed by atoms with E-state index in [2.05, 4.69) is 0 Å². The molecule has 1 heterocycles. The molecule has 1 saturated heterocycles. The summed E-state index contributed by atoms with van der Waals surface area (Å²) in [6, 6.07) is 7.66. The molecule has 4 heteroatoms. The molecule has 0 aromatic heterocycles. The molecular weight excluding hydrogens is 314 g/mol. The molecule has 25 heavy (non-hydrogen) atoms. The van der Waals surface area contributed by atoms with Crippen molar-refractivity contribution in [3.63, 3.8) is 0 Å². The number of carbonyl (C=O) groups is 1. The van der Waals surface area contributed by atoms with E-state index in [0.29, 0.717) is 25.1 Å². The van der Waals surface area contributed by atoms with E-state index < -0.39 is 5.60 Å². The van der Waals surface area contributed by atoms with E-state index in [1.165, 1.54) is 12.8 Å². The van der Waals surface area contributed by atoms with Crippen LogP contribution in [0.5, 0.6) is 5.75 Å². The summed E-state index contributed by atoms with van der Waals surface area (Å²) < 4.78 is 6.15. The van der Waals surface area contributed by atoms with Gasteiger partial charge in [0.2, 0.25) is 0 Å². The molecule has 2 atom stereocenters. The minimum absolute atomic E-state index is 0.0567. The zero-order valence-electron chi connectivity index (χ0n) is 15.0. The molecule has 1 aliphatic heterocycles. The molecule has 1 N–H and O–H groups in total. The topological polar surface area (TPSA) is 49.8 Å². The number of rotatable bonds is 3. The van der Waals surface area contributed by atoms with Gasteiger partial charge in [0.25, 0.3) is 5.91 Å². The summed E-state index contributed by atoms with van der Waals surface area (Å²) in [5.74, 6) is 1.01. The zero-order valence-corrected chi connectivity index (χ0v) is 15.0. The maximum Gasteiger partial charge on any atom is 0.257 e. The lowest BCUT2D eigenvalue weighted by molar-refractivity contribution is -0.0886. The first-order valence-electron chi connectivity index (χ1n) is 9.93. The molecule has 1 aromatic carbocycles. The molecule has 1 aromatic rings. The first kappa shape index (κ1) is 16.9. The van der Waals surface area contributed by atoms with Gasteiger partial charge in [-0.1, -0.05) is 25.0 Å². The highest BCUT2D eigenvalue weighted by Crippen LogP contribution is 2.40. The second-order valence-electron chi connectivity index (χ2n) is 8.07. The lowest BCUT2D eigenvalue weighted by atomic mass is 9.71. The Balaban J connectivity index is 1.49. The number of nitrogens with zero attached hydrogens (tertiary/aromatic N) is 1. The fourth-order valence-electron chi connectivity index (χ4n) is 4.86. The SMILES string of the molecule is O=C(c1ccccc1OC1CCCC1)N1CC[C@@]2(O)CCCC[C@@H]2C1. The summed E-state index contributed by atoms with van der Waals surface area (Å²) in [5.41, 5.74) is 0.130. The summed E-state index contributed by atoms with van der Waals surface area (Å²) in [4.78, 5) is 15.1. The maximum atomic E-state index is 13.1. The largest absolute Gasteiger partial charge is 0.490 e. The molecule has 0 radical (unpaired) electrons. The Hall–Kier alpha value is -1.55. The van der Waals surface area contributed by atoms with Gasteiger partial charge in [-0.05, 0) is 57.1 Å². The number of piperidine rings is 1. The van der Waals surface area contributed by atoms with Gasteiger partial charge in [0.05, 0.1) is 17.3 Å². The quantitative estimate of drug-likeness (QED) is 0.909. The third-order valence-corrected chi connectivity index (χ3v) is 6.43. The second-order valence-corrected chi connectivity index (χ2v) is 8.07. The van der Waals surface area contributed by atoms with Crippen molar-refractivity contribution in [2.75, 3.05) is 13.1 Å². The van der Waals surface area contributed by atoms with Crippen molar-refractivity contribution in [3.05, 3.63) is 29.8 Å². The molecule has 4 rings (SSSR count). The Morgan fingerprint density at radius 2 is 1.84 bits per heavy atom. The van der Waals surface area contributed by atoms with Crippen LogP contribution in [0, 0.1) is 5.92 Å². The first-order valence-corrected chi connectivity index (χ1v) is 9.93. The van der Waals surface area contributed by atoms with E-state index in [0.717, 1.165) is 44.3 Å². The van der Waals surface area contributed by atoms with Crippen LogP contribution in [-0.4, -0.2) is 40.7 Å². The van der Waals surface area contributed by atoms with Crippen LogP contribution in [0.25, 0.3) is 0 Å². The molecule has 136 valence electrons. The lowest BCUT2D eigenvalue weighted by Crippen LogP contribution is -2.54.